The van der Waals surface area contributed by atoms with E-state index in [4.69, 9.17) is 4.84 Å². The fraction of sp³-hybridized carbons (Fsp3) is 0.344. The fourth-order valence-corrected chi connectivity index (χ4v) is 5.14. The molecule has 2 aromatic carbocycles. The van der Waals surface area contributed by atoms with Gasteiger partial charge in [-0.2, -0.15) is 0 Å². The Hall–Kier alpha value is -3.77. The van der Waals surface area contributed by atoms with Crippen LogP contribution in [0.2, 0.25) is 0 Å². The third-order valence-corrected chi connectivity index (χ3v) is 7.33. The van der Waals surface area contributed by atoms with Gasteiger partial charge in [-0.1, -0.05) is 93.3 Å². The van der Waals surface area contributed by atoms with Gasteiger partial charge in [0.05, 0.1) is 5.41 Å². The van der Waals surface area contributed by atoms with Crippen molar-refractivity contribution < 1.29 is 14.4 Å². The molecule has 0 aliphatic carbocycles. The van der Waals surface area contributed by atoms with Crippen LogP contribution in [-0.2, 0) is 15.0 Å². The largest absolute Gasteiger partial charge is 0.339 e. The van der Waals surface area contributed by atoms with Gasteiger partial charge in [0.2, 0.25) is 0 Å². The summed E-state index contributed by atoms with van der Waals surface area (Å²) in [7, 11) is 0. The van der Waals surface area contributed by atoms with Gasteiger partial charge in [-0.05, 0) is 42.9 Å². The number of carbonyl (C=O) groups is 2. The minimum atomic E-state index is -0.604. The van der Waals surface area contributed by atoms with E-state index in [-0.39, 0.29) is 23.3 Å². The number of aliphatic imine (C=N–C) groups is 1. The number of amides is 1. The number of Topliss-reactive ketones (excluding diaryl/α,β-unsaturated/α-hetero) is 1. The van der Waals surface area contributed by atoms with Gasteiger partial charge < -0.3 is 4.90 Å². The maximum Gasteiger partial charge on any atom is 0.253 e. The summed E-state index contributed by atoms with van der Waals surface area (Å²) in [4.78, 5) is 38.8. The normalized spacial score (nSPS) is 19.4. The van der Waals surface area contributed by atoms with Crippen LogP contribution in [-0.4, -0.2) is 41.7 Å². The van der Waals surface area contributed by atoms with Crippen molar-refractivity contribution in [1.29, 1.82) is 0 Å². The topological polar surface area (TPSA) is 71.0 Å². The van der Waals surface area contributed by atoms with E-state index in [1.54, 1.807) is 6.08 Å². The van der Waals surface area contributed by atoms with E-state index in [9.17, 15) is 9.59 Å². The highest BCUT2D eigenvalue weighted by Gasteiger charge is 2.44. The van der Waals surface area contributed by atoms with E-state index in [1.165, 1.54) is 0 Å². The first-order chi connectivity index (χ1) is 18.2. The first kappa shape index (κ1) is 27.3. The number of rotatable bonds is 9. The van der Waals surface area contributed by atoms with E-state index >= 15 is 0 Å². The second kappa shape index (κ2) is 11.7. The molecule has 2 aliphatic rings. The van der Waals surface area contributed by atoms with Gasteiger partial charge in [0.15, 0.2) is 12.1 Å². The summed E-state index contributed by atoms with van der Waals surface area (Å²) < 4.78 is 0. The second-order valence-electron chi connectivity index (χ2n) is 10.7. The number of hydrogen-bond acceptors (Lipinski definition) is 5. The molecule has 0 saturated carbocycles. The number of nitrogens with zero attached hydrogens (tertiary/aromatic N) is 2. The lowest BCUT2D eigenvalue weighted by Crippen LogP contribution is -2.49. The Labute approximate surface area is 225 Å². The maximum absolute atomic E-state index is 14.0. The van der Waals surface area contributed by atoms with E-state index in [0.717, 1.165) is 11.1 Å². The molecule has 6 heteroatoms. The number of nitrogens with one attached hydrogen (secondary N) is 1. The minimum Gasteiger partial charge on any atom is -0.339 e. The van der Waals surface area contributed by atoms with Crippen LogP contribution in [0.4, 0.5) is 0 Å². The molecule has 1 saturated heterocycles. The summed E-state index contributed by atoms with van der Waals surface area (Å²) in [5.41, 5.74) is 4.45. The molecule has 4 rings (SSSR count). The zero-order chi connectivity index (χ0) is 27.2. The highest BCUT2D eigenvalue weighted by Crippen LogP contribution is 2.40. The van der Waals surface area contributed by atoms with Gasteiger partial charge in [0.25, 0.3) is 5.91 Å². The third kappa shape index (κ3) is 6.20. The van der Waals surface area contributed by atoms with E-state index in [0.29, 0.717) is 43.8 Å². The molecule has 6 nitrogen and oxygen atoms in total. The molecule has 0 aromatic heterocycles. The highest BCUT2D eigenvalue weighted by molar-refractivity contribution is 6.00. The SMILES string of the molecule is C=CC=CC=CC(C)(C)CC(=O)C1(c2ccccc2)CCN(C(=O)c2ccc(C3=NC(C)ON3)cc2)CC1. The molecule has 1 N–H and O–H groups in total. The molecular formula is C32H37N3O3. The van der Waals surface area contributed by atoms with Gasteiger partial charge in [0.1, 0.15) is 5.78 Å². The monoisotopic (exact) mass is 511 g/mol. The zero-order valence-corrected chi connectivity index (χ0v) is 22.5. The average Bonchev–Trinajstić information content (AvgIpc) is 3.37. The zero-order valence-electron chi connectivity index (χ0n) is 22.5. The van der Waals surface area contributed by atoms with E-state index in [2.05, 4.69) is 37.0 Å². The van der Waals surface area contributed by atoms with Crippen molar-refractivity contribution in [1.82, 2.24) is 10.4 Å². The van der Waals surface area contributed by atoms with Crippen LogP contribution in [0.15, 0.2) is 96.5 Å². The van der Waals surface area contributed by atoms with Crippen LogP contribution >= 0.6 is 0 Å². The highest BCUT2D eigenvalue weighted by atomic mass is 16.7. The molecule has 0 spiro atoms. The molecule has 2 heterocycles. The van der Waals surface area contributed by atoms with Gasteiger partial charge in [0, 0.05) is 30.6 Å². The Balaban J connectivity index is 1.48. The van der Waals surface area contributed by atoms with Gasteiger partial charge in [-0.25, -0.2) is 15.3 Å². The number of amidine groups is 1. The first-order valence-corrected chi connectivity index (χ1v) is 13.2. The summed E-state index contributed by atoms with van der Waals surface area (Å²) in [6, 6.07) is 17.5. The van der Waals surface area contributed by atoms with Crippen LogP contribution in [0.5, 0.6) is 0 Å². The number of hydrogen-bond donors (Lipinski definition) is 1. The molecule has 0 bridgehead atoms. The van der Waals surface area contributed by atoms with Crippen molar-refractivity contribution >= 4 is 17.5 Å². The average molecular weight is 512 g/mol. The Morgan fingerprint density at radius 2 is 1.76 bits per heavy atom. The summed E-state index contributed by atoms with van der Waals surface area (Å²) >= 11 is 0. The predicted octanol–water partition coefficient (Wildman–Crippen LogP) is 5.77. The first-order valence-electron chi connectivity index (χ1n) is 13.2. The molecule has 1 unspecified atom stereocenters. The lowest BCUT2D eigenvalue weighted by molar-refractivity contribution is -0.127. The van der Waals surface area contributed by atoms with Crippen LogP contribution in [0.1, 0.15) is 61.5 Å². The van der Waals surface area contributed by atoms with Crippen LogP contribution in [0, 0.1) is 5.41 Å². The number of allylic oxidation sites excluding steroid dienone is 5. The second-order valence-corrected chi connectivity index (χ2v) is 10.7. The Kier molecular flexibility index (Phi) is 8.42. The van der Waals surface area contributed by atoms with Crippen LogP contribution < -0.4 is 5.48 Å². The Morgan fingerprint density at radius 3 is 2.37 bits per heavy atom. The van der Waals surface area contributed by atoms with Gasteiger partial charge >= 0.3 is 0 Å². The van der Waals surface area contributed by atoms with Crippen molar-refractivity contribution in [2.24, 2.45) is 10.4 Å². The fourth-order valence-electron chi connectivity index (χ4n) is 5.14. The molecule has 1 amide bonds. The molecule has 2 aliphatic heterocycles. The van der Waals surface area contributed by atoms with E-state index < -0.39 is 5.41 Å². The van der Waals surface area contributed by atoms with E-state index in [1.807, 2.05) is 84.6 Å². The lowest BCUT2D eigenvalue weighted by atomic mass is 9.66. The Morgan fingerprint density at radius 1 is 1.08 bits per heavy atom. The van der Waals surface area contributed by atoms with Gasteiger partial charge in [-0.3, -0.25) is 9.59 Å². The summed E-state index contributed by atoms with van der Waals surface area (Å²) in [6.07, 6.45) is 11.0. The third-order valence-electron chi connectivity index (χ3n) is 7.33. The predicted molar refractivity (Wildman–Crippen MR) is 152 cm³/mol. The summed E-state index contributed by atoms with van der Waals surface area (Å²) in [6.45, 7) is 10.8. The lowest BCUT2D eigenvalue weighted by Gasteiger charge is -2.42. The number of piperidine rings is 1. The Bertz CT molecular complexity index is 1230. The number of ketones is 1. The number of benzene rings is 2. The molecular weight excluding hydrogens is 474 g/mol. The number of likely N-dealkylation sites (tertiary alicyclic amines) is 1. The van der Waals surface area contributed by atoms with Crippen molar-refractivity contribution in [3.8, 4) is 0 Å². The van der Waals surface area contributed by atoms with Crippen molar-refractivity contribution in [2.45, 2.75) is 51.7 Å². The minimum absolute atomic E-state index is 0.0196. The van der Waals surface area contributed by atoms with Crippen molar-refractivity contribution in [3.63, 3.8) is 0 Å². The van der Waals surface area contributed by atoms with Crippen LogP contribution in [0.3, 0.4) is 0 Å². The summed E-state index contributed by atoms with van der Waals surface area (Å²) in [5.74, 6) is 0.868. The molecule has 1 atom stereocenters. The quantitative estimate of drug-likeness (QED) is 0.434. The molecule has 198 valence electrons. The number of carbonyl (C=O) groups excluding carboxylic acids is 2. The standard InChI is InChI=1S/C32H37N3O3/c1-5-6-7-11-18-31(3,4)23-28(36)32(27-12-9-8-10-13-27)19-21-35(22-20-32)30(37)26-16-14-25(15-17-26)29-33-24(2)38-34-29/h5-18,24H,1,19-23H2,2-4H3,(H,33,34). The van der Waals surface area contributed by atoms with Crippen molar-refractivity contribution in [2.75, 3.05) is 13.1 Å². The van der Waals surface area contributed by atoms with Crippen molar-refractivity contribution in [3.05, 3.63) is 108 Å². The number of hydroxylamine groups is 1. The van der Waals surface area contributed by atoms with Gasteiger partial charge in [-0.15, -0.1) is 0 Å². The molecule has 0 radical (unpaired) electrons. The maximum atomic E-state index is 14.0. The smallest absolute Gasteiger partial charge is 0.253 e. The molecule has 1 fully saturated rings. The van der Waals surface area contributed by atoms with Crippen LogP contribution in [0.25, 0.3) is 0 Å². The molecule has 2 aromatic rings. The summed E-state index contributed by atoms with van der Waals surface area (Å²) in [5, 5.41) is 0. The molecule has 38 heavy (non-hydrogen) atoms.